The first-order valence-corrected chi connectivity index (χ1v) is 12.2. The number of nitrogens with one attached hydrogen (secondary N) is 1. The molecule has 2 N–H and O–H groups in total. The van der Waals surface area contributed by atoms with E-state index < -0.39 is 11.9 Å². The normalized spacial score (nSPS) is 20.0. The van der Waals surface area contributed by atoms with Crippen molar-refractivity contribution in [3.05, 3.63) is 81.2 Å². The summed E-state index contributed by atoms with van der Waals surface area (Å²) in [6.07, 6.45) is 0.633. The lowest BCUT2D eigenvalue weighted by atomic mass is 9.71. The monoisotopic (exact) mass is 495 g/mol. The standard InChI is InChI=1S/C28H30ClNO5/c1-5-34-24-14-18(8-11-22(24)31)26-25(28(33)35-15(2)3)16(4)30-21-12-19(13-23(32)27(21)26)17-6-9-20(29)10-7-17/h6-11,14-15,19,26,30-31H,5,12-13H2,1-4H3/t19-,26-/m1/s1. The summed E-state index contributed by atoms with van der Waals surface area (Å²) in [5.74, 6) is -0.818. The Morgan fingerprint density at radius 3 is 2.49 bits per heavy atom. The van der Waals surface area contributed by atoms with Gasteiger partial charge in [0.15, 0.2) is 17.3 Å². The van der Waals surface area contributed by atoms with Crippen molar-refractivity contribution in [2.24, 2.45) is 0 Å². The molecule has 1 aliphatic heterocycles. The number of halogens is 1. The van der Waals surface area contributed by atoms with E-state index in [1.165, 1.54) is 6.07 Å². The van der Waals surface area contributed by atoms with Gasteiger partial charge in [-0.05, 0) is 75.4 Å². The number of ether oxygens (including phenoxy) is 2. The van der Waals surface area contributed by atoms with Gasteiger partial charge in [0.05, 0.1) is 18.3 Å². The number of allylic oxidation sites excluding steroid dienone is 3. The Balaban J connectivity index is 1.81. The second-order valence-corrected chi connectivity index (χ2v) is 9.62. The smallest absolute Gasteiger partial charge is 0.337 e. The number of carbonyl (C=O) groups excluding carboxylic acids is 2. The molecule has 2 aromatic carbocycles. The molecule has 0 amide bonds. The number of esters is 1. The second kappa shape index (κ2) is 10.2. The number of phenolic OH excluding ortho intramolecular Hbond substituents is 1. The number of benzene rings is 2. The third kappa shape index (κ3) is 5.08. The average Bonchev–Trinajstić information content (AvgIpc) is 2.79. The summed E-state index contributed by atoms with van der Waals surface area (Å²) < 4.78 is 11.2. The molecule has 0 saturated carbocycles. The second-order valence-electron chi connectivity index (χ2n) is 9.18. The Morgan fingerprint density at radius 2 is 1.83 bits per heavy atom. The van der Waals surface area contributed by atoms with E-state index in [1.54, 1.807) is 26.0 Å². The van der Waals surface area contributed by atoms with Crippen molar-refractivity contribution in [2.45, 2.75) is 58.5 Å². The first kappa shape index (κ1) is 24.9. The lowest BCUT2D eigenvalue weighted by molar-refractivity contribution is -0.143. The molecule has 0 saturated heterocycles. The molecule has 184 valence electrons. The lowest BCUT2D eigenvalue weighted by Gasteiger charge is -2.37. The topological polar surface area (TPSA) is 84.9 Å². The van der Waals surface area contributed by atoms with E-state index >= 15 is 0 Å². The minimum Gasteiger partial charge on any atom is -0.504 e. The van der Waals surface area contributed by atoms with Crippen molar-refractivity contribution in [3.8, 4) is 11.5 Å². The van der Waals surface area contributed by atoms with E-state index in [0.717, 1.165) is 11.3 Å². The van der Waals surface area contributed by atoms with Crippen molar-refractivity contribution < 1.29 is 24.2 Å². The van der Waals surface area contributed by atoms with E-state index in [4.69, 9.17) is 21.1 Å². The molecule has 1 heterocycles. The number of rotatable bonds is 6. The highest BCUT2D eigenvalue weighted by molar-refractivity contribution is 6.30. The maximum Gasteiger partial charge on any atom is 0.337 e. The molecule has 1 aliphatic carbocycles. The summed E-state index contributed by atoms with van der Waals surface area (Å²) in [6.45, 7) is 7.61. The minimum absolute atomic E-state index is 0.00226. The fourth-order valence-electron chi connectivity index (χ4n) is 4.87. The van der Waals surface area contributed by atoms with Crippen LogP contribution in [0.2, 0.25) is 5.02 Å². The average molecular weight is 496 g/mol. The minimum atomic E-state index is -0.629. The quantitative estimate of drug-likeness (QED) is 0.496. The van der Waals surface area contributed by atoms with E-state index in [-0.39, 0.29) is 23.6 Å². The molecular formula is C28H30ClNO5. The number of aromatic hydroxyl groups is 1. The molecule has 35 heavy (non-hydrogen) atoms. The molecule has 6 nitrogen and oxygen atoms in total. The van der Waals surface area contributed by atoms with Crippen molar-refractivity contribution in [1.82, 2.24) is 5.32 Å². The van der Waals surface area contributed by atoms with E-state index in [1.807, 2.05) is 38.1 Å². The summed E-state index contributed by atoms with van der Waals surface area (Å²) in [6, 6.07) is 12.5. The van der Waals surface area contributed by atoms with Gasteiger partial charge in [0, 0.05) is 34.3 Å². The number of hydrogen-bond acceptors (Lipinski definition) is 6. The van der Waals surface area contributed by atoms with Gasteiger partial charge in [-0.15, -0.1) is 0 Å². The van der Waals surface area contributed by atoms with Gasteiger partial charge in [-0.3, -0.25) is 4.79 Å². The Hall–Kier alpha value is -3.25. The number of dihydropyridines is 1. The molecule has 4 rings (SSSR count). The van der Waals surface area contributed by atoms with Gasteiger partial charge in [-0.25, -0.2) is 4.79 Å². The summed E-state index contributed by atoms with van der Waals surface area (Å²) in [7, 11) is 0. The van der Waals surface area contributed by atoms with Crippen LogP contribution >= 0.6 is 11.6 Å². The van der Waals surface area contributed by atoms with Crippen LogP contribution in [0.5, 0.6) is 11.5 Å². The van der Waals surface area contributed by atoms with E-state index in [2.05, 4.69) is 5.32 Å². The zero-order valence-corrected chi connectivity index (χ0v) is 21.1. The van der Waals surface area contributed by atoms with Crippen LogP contribution in [0, 0.1) is 0 Å². The number of phenols is 1. The number of Topliss-reactive ketones (excluding diaryl/α,β-unsaturated/α-hetero) is 1. The lowest BCUT2D eigenvalue weighted by Crippen LogP contribution is -2.36. The molecular weight excluding hydrogens is 466 g/mol. The molecule has 0 fully saturated rings. The summed E-state index contributed by atoms with van der Waals surface area (Å²) in [5.41, 5.74) is 4.13. The Labute approximate surface area is 210 Å². The third-order valence-corrected chi connectivity index (χ3v) is 6.60. The number of carbonyl (C=O) groups is 2. The molecule has 7 heteroatoms. The van der Waals surface area contributed by atoms with Crippen LogP contribution in [0.25, 0.3) is 0 Å². The van der Waals surface area contributed by atoms with Gasteiger partial charge in [0.1, 0.15) is 0 Å². The van der Waals surface area contributed by atoms with Gasteiger partial charge in [-0.1, -0.05) is 29.8 Å². The zero-order valence-electron chi connectivity index (χ0n) is 20.4. The zero-order chi connectivity index (χ0) is 25.3. The van der Waals surface area contributed by atoms with Crippen LogP contribution in [0.1, 0.15) is 63.5 Å². The summed E-state index contributed by atoms with van der Waals surface area (Å²) in [5, 5.41) is 14.2. The SMILES string of the molecule is CCOc1cc([C@@H]2C(C(=O)OC(C)C)=C(C)NC3=C2C(=O)C[C@H](c2ccc(Cl)cc2)C3)ccc1O. The molecule has 2 aromatic rings. The molecule has 0 aromatic heterocycles. The van der Waals surface area contributed by atoms with Crippen molar-refractivity contribution in [3.63, 3.8) is 0 Å². The van der Waals surface area contributed by atoms with Gasteiger partial charge in [0.25, 0.3) is 0 Å². The summed E-state index contributed by atoms with van der Waals surface area (Å²) in [4.78, 5) is 26.9. The number of hydrogen-bond donors (Lipinski definition) is 2. The number of ketones is 1. The van der Waals surface area contributed by atoms with Crippen LogP contribution < -0.4 is 10.1 Å². The van der Waals surface area contributed by atoms with E-state index in [9.17, 15) is 14.7 Å². The fourth-order valence-corrected chi connectivity index (χ4v) is 5.00. The Kier molecular flexibility index (Phi) is 7.22. The van der Waals surface area contributed by atoms with Crippen LogP contribution in [-0.4, -0.2) is 29.6 Å². The predicted octanol–water partition coefficient (Wildman–Crippen LogP) is 5.76. The molecule has 2 aliphatic rings. The Bertz CT molecular complexity index is 1210. The molecule has 0 bridgehead atoms. The van der Waals surface area contributed by atoms with Gasteiger partial charge >= 0.3 is 5.97 Å². The largest absolute Gasteiger partial charge is 0.504 e. The van der Waals surface area contributed by atoms with Crippen molar-refractivity contribution in [1.29, 1.82) is 0 Å². The molecule has 2 atom stereocenters. The molecule has 0 unspecified atom stereocenters. The first-order chi connectivity index (χ1) is 16.7. The van der Waals surface area contributed by atoms with Crippen LogP contribution in [0.3, 0.4) is 0 Å². The first-order valence-electron chi connectivity index (χ1n) is 11.9. The maximum atomic E-state index is 13.7. The third-order valence-electron chi connectivity index (χ3n) is 6.35. The Morgan fingerprint density at radius 1 is 1.14 bits per heavy atom. The van der Waals surface area contributed by atoms with Crippen molar-refractivity contribution in [2.75, 3.05) is 6.61 Å². The fraction of sp³-hybridized carbons (Fsp3) is 0.357. The van der Waals surface area contributed by atoms with Gasteiger partial charge in [0.2, 0.25) is 0 Å². The highest BCUT2D eigenvalue weighted by Gasteiger charge is 2.41. The summed E-state index contributed by atoms with van der Waals surface area (Å²) >= 11 is 6.06. The highest BCUT2D eigenvalue weighted by Crippen LogP contribution is 2.47. The predicted molar refractivity (Wildman–Crippen MR) is 135 cm³/mol. The van der Waals surface area contributed by atoms with Crippen LogP contribution in [0.4, 0.5) is 0 Å². The maximum absolute atomic E-state index is 13.7. The van der Waals surface area contributed by atoms with Crippen molar-refractivity contribution >= 4 is 23.4 Å². The van der Waals surface area contributed by atoms with Gasteiger partial charge in [-0.2, -0.15) is 0 Å². The van der Waals surface area contributed by atoms with Crippen LogP contribution in [-0.2, 0) is 14.3 Å². The molecule has 0 radical (unpaired) electrons. The van der Waals surface area contributed by atoms with Crippen LogP contribution in [0.15, 0.2) is 65.0 Å². The highest BCUT2D eigenvalue weighted by atomic mass is 35.5. The molecule has 0 spiro atoms. The van der Waals surface area contributed by atoms with E-state index in [0.29, 0.717) is 52.6 Å². The van der Waals surface area contributed by atoms with Gasteiger partial charge < -0.3 is 19.9 Å².